The Morgan fingerprint density at radius 3 is 2.69 bits per heavy atom. The van der Waals surface area contributed by atoms with Crippen LogP contribution in [0.1, 0.15) is 47.2 Å². The third-order valence-electron chi connectivity index (χ3n) is 6.45. The Kier molecular flexibility index (Phi) is 4.07. The Morgan fingerprint density at radius 2 is 1.92 bits per heavy atom. The molecule has 1 aromatic heterocycles. The van der Waals surface area contributed by atoms with Gasteiger partial charge in [-0.15, -0.1) is 11.3 Å². The Labute approximate surface area is 163 Å². The van der Waals surface area contributed by atoms with Crippen LogP contribution in [0.3, 0.4) is 0 Å². The zero-order valence-corrected chi connectivity index (χ0v) is 16.7. The smallest absolute Gasteiger partial charge is 0.100 e. The minimum Gasteiger partial charge on any atom is -0.300 e. The van der Waals surface area contributed by atoms with Crippen molar-refractivity contribution in [1.29, 1.82) is 0 Å². The average molecular weight is 383 g/mol. The molecule has 2 fully saturated rings. The van der Waals surface area contributed by atoms with Crippen LogP contribution in [0.15, 0.2) is 42.5 Å². The largest absolute Gasteiger partial charge is 0.300 e. The average Bonchev–Trinajstić information content (AvgIpc) is 3.15. The first-order chi connectivity index (χ1) is 12.6. The van der Waals surface area contributed by atoms with E-state index in [1.165, 1.54) is 40.1 Å². The first kappa shape index (κ1) is 16.7. The minimum absolute atomic E-state index is 0.454. The summed E-state index contributed by atoms with van der Waals surface area (Å²) in [5, 5.41) is 2.03. The van der Waals surface area contributed by atoms with Gasteiger partial charge in [0.15, 0.2) is 0 Å². The zero-order chi connectivity index (χ0) is 17.8. The summed E-state index contributed by atoms with van der Waals surface area (Å²) in [5.74, 6) is 0.999. The van der Waals surface area contributed by atoms with Crippen LogP contribution in [-0.2, 0) is 0 Å². The fraction of sp³-hybridized carbons (Fsp3) is 0.409. The number of hydrogen-bond acceptors (Lipinski definition) is 3. The molecule has 3 aromatic rings. The molecule has 0 saturated carbocycles. The van der Waals surface area contributed by atoms with E-state index in [9.17, 15) is 0 Å². The number of benzene rings is 2. The number of aromatic nitrogens is 1. The normalized spacial score (nSPS) is 28.7. The van der Waals surface area contributed by atoms with Crippen molar-refractivity contribution < 1.29 is 0 Å². The Balaban J connectivity index is 1.63. The third kappa shape index (κ3) is 2.60. The van der Waals surface area contributed by atoms with Gasteiger partial charge in [-0.05, 0) is 56.8 Å². The second kappa shape index (κ2) is 6.33. The Bertz CT molecular complexity index is 948. The van der Waals surface area contributed by atoms with Gasteiger partial charge in [0.05, 0.1) is 14.7 Å². The number of hydrogen-bond donors (Lipinski definition) is 0. The predicted molar refractivity (Wildman–Crippen MR) is 110 cm³/mol. The second-order valence-electron chi connectivity index (χ2n) is 7.88. The zero-order valence-electron chi connectivity index (χ0n) is 15.2. The molecule has 2 bridgehead atoms. The molecule has 4 heteroatoms. The van der Waals surface area contributed by atoms with Gasteiger partial charge in [-0.1, -0.05) is 47.5 Å². The summed E-state index contributed by atoms with van der Waals surface area (Å²) in [5.41, 5.74) is 3.77. The van der Waals surface area contributed by atoms with Crippen molar-refractivity contribution in [2.75, 3.05) is 7.05 Å². The van der Waals surface area contributed by atoms with Crippen molar-refractivity contribution in [3.8, 4) is 0 Å². The molecule has 26 heavy (non-hydrogen) atoms. The van der Waals surface area contributed by atoms with E-state index in [0.717, 1.165) is 10.5 Å². The highest BCUT2D eigenvalue weighted by Crippen LogP contribution is 2.52. The van der Waals surface area contributed by atoms with Crippen LogP contribution in [0.25, 0.3) is 10.2 Å². The molecule has 5 rings (SSSR count). The van der Waals surface area contributed by atoms with Gasteiger partial charge in [0.2, 0.25) is 0 Å². The van der Waals surface area contributed by atoms with Gasteiger partial charge < -0.3 is 0 Å². The van der Waals surface area contributed by atoms with Crippen LogP contribution in [-0.4, -0.2) is 29.0 Å². The van der Waals surface area contributed by atoms with Crippen molar-refractivity contribution in [2.45, 2.75) is 50.1 Å². The van der Waals surface area contributed by atoms with Gasteiger partial charge in [0, 0.05) is 18.0 Å². The number of fused-ring (bicyclic) bond motifs is 3. The van der Waals surface area contributed by atoms with E-state index in [4.69, 9.17) is 16.6 Å². The number of para-hydroxylation sites is 1. The van der Waals surface area contributed by atoms with Crippen LogP contribution >= 0.6 is 22.9 Å². The lowest BCUT2D eigenvalue weighted by atomic mass is 9.76. The Hall–Kier alpha value is -1.42. The summed E-state index contributed by atoms with van der Waals surface area (Å²) in [6.07, 6.45) is 3.81. The maximum Gasteiger partial charge on any atom is 0.100 e. The molecule has 134 valence electrons. The van der Waals surface area contributed by atoms with E-state index in [0.29, 0.717) is 23.9 Å². The lowest BCUT2D eigenvalue weighted by Crippen LogP contribution is -2.44. The molecule has 2 aliphatic heterocycles. The molecule has 2 saturated heterocycles. The van der Waals surface area contributed by atoms with Crippen molar-refractivity contribution in [2.24, 2.45) is 0 Å². The van der Waals surface area contributed by atoms with E-state index in [2.05, 4.69) is 49.2 Å². The fourth-order valence-electron chi connectivity index (χ4n) is 5.03. The Morgan fingerprint density at radius 1 is 1.12 bits per heavy atom. The summed E-state index contributed by atoms with van der Waals surface area (Å²) in [6.45, 7) is 2.16. The molecule has 0 spiro atoms. The van der Waals surface area contributed by atoms with Gasteiger partial charge in [-0.25, -0.2) is 4.98 Å². The summed E-state index contributed by atoms with van der Waals surface area (Å²) in [7, 11) is 2.31. The van der Waals surface area contributed by atoms with Crippen LogP contribution in [0, 0.1) is 6.92 Å². The highest BCUT2D eigenvalue weighted by molar-refractivity contribution is 7.18. The molecule has 0 radical (unpaired) electrons. The summed E-state index contributed by atoms with van der Waals surface area (Å²) in [4.78, 5) is 7.65. The monoisotopic (exact) mass is 382 g/mol. The SMILES string of the molecule is Cc1ccc(C2CC3CCC(C2c2nc4c(Cl)cccc4s2)N3C)cc1. The summed E-state index contributed by atoms with van der Waals surface area (Å²) < 4.78 is 1.21. The van der Waals surface area contributed by atoms with Crippen LogP contribution in [0.5, 0.6) is 0 Å². The minimum atomic E-state index is 0.454. The lowest BCUT2D eigenvalue weighted by molar-refractivity contribution is 0.137. The van der Waals surface area contributed by atoms with Crippen molar-refractivity contribution in [3.05, 3.63) is 63.6 Å². The van der Waals surface area contributed by atoms with Gasteiger partial charge in [-0.3, -0.25) is 4.90 Å². The first-order valence-electron chi connectivity index (χ1n) is 9.45. The van der Waals surface area contributed by atoms with Crippen molar-refractivity contribution >= 4 is 33.2 Å². The number of nitrogens with zero attached hydrogens (tertiary/aromatic N) is 2. The second-order valence-corrected chi connectivity index (χ2v) is 9.35. The van der Waals surface area contributed by atoms with E-state index >= 15 is 0 Å². The van der Waals surface area contributed by atoms with Crippen molar-refractivity contribution in [3.63, 3.8) is 0 Å². The number of rotatable bonds is 2. The molecular formula is C22H23ClN2S. The van der Waals surface area contributed by atoms with Crippen LogP contribution in [0.2, 0.25) is 5.02 Å². The molecule has 0 N–H and O–H groups in total. The maximum atomic E-state index is 6.42. The maximum absolute atomic E-state index is 6.42. The first-order valence-corrected chi connectivity index (χ1v) is 10.6. The molecule has 3 heterocycles. The molecule has 2 aliphatic rings. The highest BCUT2D eigenvalue weighted by atomic mass is 35.5. The molecule has 4 atom stereocenters. The number of aryl methyl sites for hydroxylation is 1. The third-order valence-corrected chi connectivity index (χ3v) is 7.87. The molecule has 2 nitrogen and oxygen atoms in total. The van der Waals surface area contributed by atoms with Crippen LogP contribution in [0.4, 0.5) is 0 Å². The van der Waals surface area contributed by atoms with Gasteiger partial charge in [-0.2, -0.15) is 0 Å². The summed E-state index contributed by atoms with van der Waals surface area (Å²) >= 11 is 8.26. The molecule has 2 aromatic carbocycles. The van der Waals surface area contributed by atoms with E-state index in [1.807, 2.05) is 23.5 Å². The van der Waals surface area contributed by atoms with Crippen molar-refractivity contribution in [1.82, 2.24) is 9.88 Å². The van der Waals surface area contributed by atoms with E-state index in [-0.39, 0.29) is 0 Å². The molecule has 0 amide bonds. The lowest BCUT2D eigenvalue weighted by Gasteiger charge is -2.42. The molecular weight excluding hydrogens is 360 g/mol. The number of halogens is 1. The summed E-state index contributed by atoms with van der Waals surface area (Å²) in [6, 6.07) is 16.6. The predicted octanol–water partition coefficient (Wildman–Crippen LogP) is 5.99. The quantitative estimate of drug-likeness (QED) is 0.541. The topological polar surface area (TPSA) is 16.1 Å². The van der Waals surface area contributed by atoms with Gasteiger partial charge in [0.1, 0.15) is 5.52 Å². The highest BCUT2D eigenvalue weighted by Gasteiger charge is 2.47. The number of piperidine rings is 1. The van der Waals surface area contributed by atoms with Gasteiger partial charge >= 0.3 is 0 Å². The van der Waals surface area contributed by atoms with E-state index in [1.54, 1.807) is 0 Å². The van der Waals surface area contributed by atoms with Crippen LogP contribution < -0.4 is 0 Å². The molecule has 4 unspecified atom stereocenters. The number of likely N-dealkylation sites (N-methyl/N-ethyl adjacent to an activating group) is 1. The standard InChI is InChI=1S/C22H23ClN2S/c1-13-6-8-14(9-7-13)16-12-15-10-11-18(25(15)2)20(16)22-24-21-17(23)4-3-5-19(21)26-22/h3-9,15-16,18,20H,10-12H2,1-2H3. The van der Waals surface area contributed by atoms with Gasteiger partial charge in [0.25, 0.3) is 0 Å². The number of thiazole rings is 1. The van der Waals surface area contributed by atoms with E-state index < -0.39 is 0 Å². The fourth-order valence-corrected chi connectivity index (χ4v) is 6.53. The molecule has 0 aliphatic carbocycles.